The number of rotatable bonds is 53. The predicted octanol–water partition coefficient (Wildman–Crippen LogP) is 24.2. The Morgan fingerprint density at radius 2 is 0.449 bits per heavy atom. The summed E-state index contributed by atoms with van der Waals surface area (Å²) in [5.74, 6) is -0.563. The molecule has 0 heterocycles. The molecule has 0 spiro atoms. The maximum Gasteiger partial charge on any atom is 0.320 e. The Balaban J connectivity index is 10.7. The van der Waals surface area contributed by atoms with E-state index in [1.54, 1.807) is 0 Å². The van der Waals surface area contributed by atoms with Crippen molar-refractivity contribution in [1.82, 2.24) is 0 Å². The second kappa shape index (κ2) is 41.1. The third-order valence-electron chi connectivity index (χ3n) is 19.2. The van der Waals surface area contributed by atoms with E-state index in [9.17, 15) is 5.11 Å². The third kappa shape index (κ3) is 19.8. The fourth-order valence-electron chi connectivity index (χ4n) is 15.8. The van der Waals surface area contributed by atoms with Crippen LogP contribution in [-0.2, 0) is 4.79 Å². The van der Waals surface area contributed by atoms with Crippen molar-refractivity contribution in [1.29, 1.82) is 0 Å². The average Bonchev–Trinajstić information content (AvgIpc) is 3.34. The van der Waals surface area contributed by atoms with Crippen molar-refractivity contribution in [2.75, 3.05) is 0 Å². The monoisotopic (exact) mass is 989 g/mol. The number of carbonyl (C=O) groups is 1. The summed E-state index contributed by atoms with van der Waals surface area (Å²) in [6, 6.07) is 0. The molecule has 0 rings (SSSR count). The Kier molecular flexibility index (Phi) is 41.0. The quantitative estimate of drug-likeness (QED) is 0.0471. The number of carboxylic acids is 1. The second-order valence-electron chi connectivity index (χ2n) is 23.9. The molecule has 0 aliphatic heterocycles. The first-order chi connectivity index (χ1) is 33.4. The van der Waals surface area contributed by atoms with E-state index >= 15 is 4.79 Å². The molecule has 1 unspecified atom stereocenters. The summed E-state index contributed by atoms with van der Waals surface area (Å²) in [6.07, 6.45) is 58.4. The number of aliphatic carboxylic acids is 1. The van der Waals surface area contributed by atoms with Gasteiger partial charge in [0.15, 0.2) is 0 Å². The van der Waals surface area contributed by atoms with Crippen LogP contribution >= 0.6 is 12.6 Å². The molecule has 0 aliphatic rings. The molecule has 0 saturated heterocycles. The molecular weight excluding hydrogens is 857 g/mol. The Labute approximate surface area is 443 Å². The molecule has 0 bridgehead atoms. The standard InChI is InChI=1S/C66H132O2S/c1-13-25-37-49-61(48-36-24-12,50-38-26-14-2)62(51-39-27-15-3,52-40-28-16-4)63(53-41-29-17-5,54-42-30-18-6)64(55-43-31-19-7,56-44-32-20-8)65(57-45-33-21-9,58-46-34-22-10)66(69,60(67)68)59-47-35-23-11/h69H,13-59H2,1-12H3,(H,67,68). The fraction of sp³-hybridized carbons (Fsp3) is 0.985. The van der Waals surface area contributed by atoms with Crippen LogP contribution in [0, 0.1) is 27.1 Å². The van der Waals surface area contributed by atoms with Gasteiger partial charge in [-0.15, -0.1) is 0 Å². The van der Waals surface area contributed by atoms with E-state index in [0.717, 1.165) is 44.9 Å². The van der Waals surface area contributed by atoms with Crippen molar-refractivity contribution < 1.29 is 9.90 Å². The van der Waals surface area contributed by atoms with Crippen LogP contribution in [0.2, 0.25) is 0 Å². The van der Waals surface area contributed by atoms with Crippen LogP contribution in [0.25, 0.3) is 0 Å². The van der Waals surface area contributed by atoms with E-state index in [4.69, 9.17) is 12.6 Å². The molecular formula is C66H132O2S. The highest BCUT2D eigenvalue weighted by Gasteiger charge is 2.74. The summed E-state index contributed by atoms with van der Waals surface area (Å²) in [5, 5.41) is 12.6. The van der Waals surface area contributed by atoms with Gasteiger partial charge in [-0.1, -0.05) is 308 Å². The topological polar surface area (TPSA) is 37.3 Å². The Morgan fingerprint density at radius 3 is 0.696 bits per heavy atom. The van der Waals surface area contributed by atoms with Crippen molar-refractivity contribution in [2.24, 2.45) is 27.1 Å². The zero-order valence-electron chi connectivity index (χ0n) is 50.0. The van der Waals surface area contributed by atoms with E-state index < -0.39 is 16.1 Å². The molecule has 0 fully saturated rings. The molecule has 2 nitrogen and oxygen atoms in total. The molecule has 0 aromatic carbocycles. The highest BCUT2D eigenvalue weighted by Crippen LogP contribution is 2.80. The minimum Gasteiger partial charge on any atom is -0.480 e. The van der Waals surface area contributed by atoms with Crippen LogP contribution in [0.4, 0.5) is 0 Å². The van der Waals surface area contributed by atoms with E-state index in [2.05, 4.69) is 83.1 Å². The molecule has 1 atom stereocenters. The first kappa shape index (κ1) is 68.8. The lowest BCUT2D eigenvalue weighted by molar-refractivity contribution is -0.252. The minimum atomic E-state index is -1.09. The van der Waals surface area contributed by atoms with Crippen molar-refractivity contribution in [3.8, 4) is 0 Å². The number of hydrogen-bond acceptors (Lipinski definition) is 2. The summed E-state index contributed by atoms with van der Waals surface area (Å²) in [5.41, 5.74) is -0.205. The molecule has 0 aromatic heterocycles. The average molecular weight is 990 g/mol. The van der Waals surface area contributed by atoms with E-state index in [0.29, 0.717) is 6.42 Å². The molecule has 0 radical (unpaired) electrons. The van der Waals surface area contributed by atoms with E-state index in [1.165, 1.54) is 250 Å². The van der Waals surface area contributed by atoms with Gasteiger partial charge in [0.25, 0.3) is 0 Å². The SMILES string of the molecule is CCCCCC(CCCC)(CCCCC)C(CCCCC)(CCCCC)C(CCCCC)(CCCCC)C(CCCCC)(CCCCC)C(CCCCC)(CCCCC)C(S)(CCCCC)C(=O)O. The van der Waals surface area contributed by atoms with E-state index in [-0.39, 0.29) is 21.7 Å². The Bertz CT molecular complexity index is 1110. The lowest BCUT2D eigenvalue weighted by atomic mass is 9.30. The molecule has 414 valence electrons. The van der Waals surface area contributed by atoms with Gasteiger partial charge < -0.3 is 5.11 Å². The maximum absolute atomic E-state index is 15.4. The van der Waals surface area contributed by atoms with Crippen LogP contribution in [-0.4, -0.2) is 15.8 Å². The first-order valence-electron chi connectivity index (χ1n) is 32.4. The first-order valence-corrected chi connectivity index (χ1v) is 32.8. The Hall–Kier alpha value is -0.180. The van der Waals surface area contributed by atoms with Crippen LogP contribution in [0.1, 0.15) is 385 Å². The van der Waals surface area contributed by atoms with Gasteiger partial charge in [-0.3, -0.25) is 4.79 Å². The van der Waals surface area contributed by atoms with Gasteiger partial charge in [0, 0.05) is 5.41 Å². The Morgan fingerprint density at radius 1 is 0.261 bits per heavy atom. The molecule has 1 N–H and O–H groups in total. The van der Waals surface area contributed by atoms with Gasteiger partial charge in [0.1, 0.15) is 4.75 Å². The van der Waals surface area contributed by atoms with Crippen molar-refractivity contribution >= 4 is 18.6 Å². The third-order valence-corrected chi connectivity index (χ3v) is 20.1. The second-order valence-corrected chi connectivity index (χ2v) is 24.7. The molecule has 0 amide bonds. The van der Waals surface area contributed by atoms with Crippen LogP contribution in [0.5, 0.6) is 0 Å². The summed E-state index contributed by atoms with van der Waals surface area (Å²) in [6.45, 7) is 29.2. The zero-order valence-corrected chi connectivity index (χ0v) is 50.9. The summed E-state index contributed by atoms with van der Waals surface area (Å²) in [7, 11) is 0. The molecule has 0 aromatic rings. The zero-order chi connectivity index (χ0) is 51.8. The largest absolute Gasteiger partial charge is 0.480 e. The van der Waals surface area contributed by atoms with E-state index in [1.807, 2.05) is 0 Å². The smallest absolute Gasteiger partial charge is 0.320 e. The molecule has 69 heavy (non-hydrogen) atoms. The molecule has 0 saturated carbocycles. The van der Waals surface area contributed by atoms with Crippen molar-refractivity contribution in [3.63, 3.8) is 0 Å². The predicted molar refractivity (Wildman–Crippen MR) is 317 cm³/mol. The molecule has 3 heteroatoms. The van der Waals surface area contributed by atoms with Gasteiger partial charge >= 0.3 is 5.97 Å². The number of hydrogen-bond donors (Lipinski definition) is 2. The lowest BCUT2D eigenvalue weighted by Gasteiger charge is -2.75. The number of thiol groups is 1. The van der Waals surface area contributed by atoms with Gasteiger partial charge in [0.2, 0.25) is 0 Å². The molecule has 0 aliphatic carbocycles. The summed E-state index contributed by atoms with van der Waals surface area (Å²) in [4.78, 5) is 15.4. The highest BCUT2D eigenvalue weighted by atomic mass is 32.1. The number of carboxylic acid groups (broad SMARTS) is 1. The van der Waals surface area contributed by atoms with Crippen LogP contribution in [0.3, 0.4) is 0 Å². The fourth-order valence-corrected chi connectivity index (χ4v) is 16.4. The highest BCUT2D eigenvalue weighted by molar-refractivity contribution is 7.82. The van der Waals surface area contributed by atoms with Crippen LogP contribution in [0.15, 0.2) is 0 Å². The summed E-state index contributed by atoms with van der Waals surface area (Å²) >= 11 is 6.14. The van der Waals surface area contributed by atoms with Gasteiger partial charge in [-0.2, -0.15) is 12.6 Å². The normalized spacial score (nSPS) is 13.9. The van der Waals surface area contributed by atoms with Gasteiger partial charge in [-0.05, 0) is 98.7 Å². The minimum absolute atomic E-state index is 0.00604. The van der Waals surface area contributed by atoms with Crippen molar-refractivity contribution in [3.05, 3.63) is 0 Å². The van der Waals surface area contributed by atoms with Gasteiger partial charge in [0.05, 0.1) is 0 Å². The van der Waals surface area contributed by atoms with Crippen molar-refractivity contribution in [2.45, 2.75) is 390 Å². The summed E-state index contributed by atoms with van der Waals surface area (Å²) < 4.78 is -1.09. The van der Waals surface area contributed by atoms with Gasteiger partial charge in [-0.25, -0.2) is 0 Å². The maximum atomic E-state index is 15.4. The lowest BCUT2D eigenvalue weighted by Crippen LogP contribution is -2.70. The number of unbranched alkanes of at least 4 members (excludes halogenated alkanes) is 23. The van der Waals surface area contributed by atoms with Crippen LogP contribution < -0.4 is 0 Å².